The van der Waals surface area contributed by atoms with Crippen LogP contribution in [0, 0.1) is 27.7 Å². The third-order valence-corrected chi connectivity index (χ3v) is 3.82. The van der Waals surface area contributed by atoms with Gasteiger partial charge >= 0.3 is 0 Å². The van der Waals surface area contributed by atoms with Crippen LogP contribution in [-0.4, -0.2) is 0 Å². The number of nitrogen functional groups attached to an aromatic ring is 1. The SMILES string of the molecule is CCc1ccc(C)cc1.Cc1ccc(C)cc1.Cc1ccc(N)cc1.I. The second kappa shape index (κ2) is 13.4. The maximum Gasteiger partial charge on any atom is 0.0314 e. The Morgan fingerprint density at radius 1 is 0.538 bits per heavy atom. The van der Waals surface area contributed by atoms with Crippen molar-refractivity contribution in [1.82, 2.24) is 0 Å². The Morgan fingerprint density at radius 3 is 1.08 bits per heavy atom. The van der Waals surface area contributed by atoms with E-state index in [4.69, 9.17) is 5.73 Å². The summed E-state index contributed by atoms with van der Waals surface area (Å²) in [5, 5.41) is 0. The summed E-state index contributed by atoms with van der Waals surface area (Å²) in [5.41, 5.74) is 12.9. The summed E-state index contributed by atoms with van der Waals surface area (Å²) in [5.74, 6) is 0. The number of anilines is 1. The highest BCUT2D eigenvalue weighted by molar-refractivity contribution is 14.0. The summed E-state index contributed by atoms with van der Waals surface area (Å²) in [7, 11) is 0. The fourth-order valence-corrected chi connectivity index (χ4v) is 2.03. The van der Waals surface area contributed by atoms with Crippen LogP contribution in [0.1, 0.15) is 34.7 Å². The van der Waals surface area contributed by atoms with Crippen LogP contribution in [0.4, 0.5) is 5.69 Å². The third-order valence-electron chi connectivity index (χ3n) is 3.82. The summed E-state index contributed by atoms with van der Waals surface area (Å²) in [4.78, 5) is 0. The maximum atomic E-state index is 5.43. The molecule has 2 N–H and O–H groups in total. The van der Waals surface area contributed by atoms with Gasteiger partial charge in [0.15, 0.2) is 0 Å². The van der Waals surface area contributed by atoms with E-state index in [-0.39, 0.29) is 24.0 Å². The van der Waals surface area contributed by atoms with Crippen LogP contribution in [0.25, 0.3) is 0 Å². The first-order valence-electron chi connectivity index (χ1n) is 8.81. The molecule has 0 aliphatic carbocycles. The van der Waals surface area contributed by atoms with Crippen LogP contribution in [0.5, 0.6) is 0 Å². The Labute approximate surface area is 176 Å². The summed E-state index contributed by atoms with van der Waals surface area (Å²) in [6.07, 6.45) is 1.14. The van der Waals surface area contributed by atoms with Gasteiger partial charge in [0.25, 0.3) is 0 Å². The van der Waals surface area contributed by atoms with Crippen LogP contribution in [0.2, 0.25) is 0 Å². The Hall–Kier alpha value is -1.81. The number of hydrogen-bond donors (Lipinski definition) is 1. The van der Waals surface area contributed by atoms with E-state index in [0.29, 0.717) is 0 Å². The lowest BCUT2D eigenvalue weighted by atomic mass is 10.1. The second-order valence-electron chi connectivity index (χ2n) is 6.40. The smallest absolute Gasteiger partial charge is 0.0314 e. The van der Waals surface area contributed by atoms with Crippen molar-refractivity contribution >= 4 is 29.7 Å². The zero-order valence-electron chi connectivity index (χ0n) is 16.6. The topological polar surface area (TPSA) is 26.0 Å². The predicted molar refractivity (Wildman–Crippen MR) is 127 cm³/mol. The van der Waals surface area contributed by atoms with Gasteiger partial charge in [-0.25, -0.2) is 0 Å². The van der Waals surface area contributed by atoms with Gasteiger partial charge in [0.05, 0.1) is 0 Å². The molecule has 0 atom stereocenters. The molecule has 0 unspecified atom stereocenters. The molecule has 26 heavy (non-hydrogen) atoms. The summed E-state index contributed by atoms with van der Waals surface area (Å²) in [6, 6.07) is 24.9. The zero-order chi connectivity index (χ0) is 18.7. The Balaban J connectivity index is 0.000000355. The molecule has 0 spiro atoms. The van der Waals surface area contributed by atoms with E-state index >= 15 is 0 Å². The van der Waals surface area contributed by atoms with E-state index in [1.807, 2.05) is 31.2 Å². The molecule has 0 saturated carbocycles. The summed E-state index contributed by atoms with van der Waals surface area (Å²) >= 11 is 0. The minimum atomic E-state index is 0. The van der Waals surface area contributed by atoms with Crippen molar-refractivity contribution in [2.75, 3.05) is 5.73 Å². The highest BCUT2D eigenvalue weighted by Crippen LogP contribution is 2.03. The number of nitrogens with two attached hydrogens (primary N) is 1. The average Bonchev–Trinajstić information content (AvgIpc) is 2.62. The highest BCUT2D eigenvalue weighted by Gasteiger charge is 1.85. The lowest BCUT2D eigenvalue weighted by molar-refractivity contribution is 1.14. The second-order valence-corrected chi connectivity index (χ2v) is 6.40. The van der Waals surface area contributed by atoms with Crippen molar-refractivity contribution in [2.45, 2.75) is 41.0 Å². The number of hydrogen-bond acceptors (Lipinski definition) is 1. The molecule has 140 valence electrons. The number of aryl methyl sites for hydroxylation is 5. The van der Waals surface area contributed by atoms with Crippen molar-refractivity contribution in [3.63, 3.8) is 0 Å². The van der Waals surface area contributed by atoms with Crippen molar-refractivity contribution in [2.24, 2.45) is 0 Å². The van der Waals surface area contributed by atoms with E-state index in [1.165, 1.54) is 27.8 Å². The van der Waals surface area contributed by atoms with E-state index in [1.54, 1.807) is 0 Å². The third kappa shape index (κ3) is 10.9. The molecule has 0 saturated heterocycles. The highest BCUT2D eigenvalue weighted by atomic mass is 127. The van der Waals surface area contributed by atoms with Gasteiger partial charge in [-0.1, -0.05) is 89.8 Å². The maximum absolute atomic E-state index is 5.43. The van der Waals surface area contributed by atoms with E-state index < -0.39 is 0 Å². The lowest BCUT2D eigenvalue weighted by Gasteiger charge is -1.94. The van der Waals surface area contributed by atoms with E-state index in [0.717, 1.165) is 12.1 Å². The standard InChI is InChI=1S/C9H12.C8H10.C7H9N.HI/c1-3-9-6-4-8(2)5-7-9;1-7-3-5-8(2)6-4-7;1-6-2-4-7(8)5-3-6;/h4-7H,3H2,1-2H3;3-6H,1-2H3;2-5H,8H2,1H3;1H. The molecule has 3 rings (SSSR count). The van der Waals surface area contributed by atoms with Crippen LogP contribution in [-0.2, 0) is 6.42 Å². The van der Waals surface area contributed by atoms with Crippen molar-refractivity contribution < 1.29 is 0 Å². The lowest BCUT2D eigenvalue weighted by Crippen LogP contribution is -1.81. The minimum Gasteiger partial charge on any atom is -0.399 e. The van der Waals surface area contributed by atoms with Crippen molar-refractivity contribution in [3.05, 3.63) is 101 Å². The first kappa shape index (κ1) is 24.2. The molecule has 1 nitrogen and oxygen atoms in total. The van der Waals surface area contributed by atoms with Gasteiger partial charge in [-0.15, -0.1) is 24.0 Å². The molecule has 0 amide bonds. The molecule has 0 aromatic heterocycles. The van der Waals surface area contributed by atoms with Crippen LogP contribution in [0.3, 0.4) is 0 Å². The first-order valence-corrected chi connectivity index (χ1v) is 8.81. The summed E-state index contributed by atoms with van der Waals surface area (Å²) in [6.45, 7) is 10.5. The zero-order valence-corrected chi connectivity index (χ0v) is 19.0. The molecule has 0 bridgehead atoms. The van der Waals surface area contributed by atoms with E-state index in [9.17, 15) is 0 Å². The van der Waals surface area contributed by atoms with Crippen LogP contribution in [0.15, 0.2) is 72.8 Å². The van der Waals surface area contributed by atoms with Gasteiger partial charge < -0.3 is 5.73 Å². The van der Waals surface area contributed by atoms with Gasteiger partial charge in [-0.2, -0.15) is 0 Å². The van der Waals surface area contributed by atoms with Gasteiger partial charge in [-0.3, -0.25) is 0 Å². The predicted octanol–water partition coefficient (Wildman–Crippen LogP) is 7.06. The Kier molecular flexibility index (Phi) is 12.5. The van der Waals surface area contributed by atoms with Crippen LogP contribution < -0.4 is 5.73 Å². The van der Waals surface area contributed by atoms with E-state index in [2.05, 4.69) is 76.2 Å². The van der Waals surface area contributed by atoms with Gasteiger partial charge in [0.1, 0.15) is 0 Å². The van der Waals surface area contributed by atoms with Gasteiger partial charge in [0, 0.05) is 5.69 Å². The molecule has 0 fully saturated rings. The Morgan fingerprint density at radius 2 is 0.808 bits per heavy atom. The molecule has 3 aromatic carbocycles. The van der Waals surface area contributed by atoms with Crippen molar-refractivity contribution in [3.8, 4) is 0 Å². The van der Waals surface area contributed by atoms with Crippen molar-refractivity contribution in [1.29, 1.82) is 0 Å². The molecule has 3 aromatic rings. The normalized spacial score (nSPS) is 8.96. The summed E-state index contributed by atoms with van der Waals surface area (Å²) < 4.78 is 0. The number of rotatable bonds is 1. The fraction of sp³-hybridized carbons (Fsp3) is 0.250. The quantitative estimate of drug-likeness (QED) is 0.305. The monoisotopic (exact) mass is 461 g/mol. The first-order chi connectivity index (χ1) is 11.9. The molecular formula is C24H32IN. The molecule has 0 radical (unpaired) electrons. The number of halogens is 1. The minimum absolute atomic E-state index is 0. The molecular weight excluding hydrogens is 429 g/mol. The average molecular weight is 461 g/mol. The Bertz CT molecular complexity index is 628. The van der Waals surface area contributed by atoms with Gasteiger partial charge in [0.2, 0.25) is 0 Å². The number of benzene rings is 3. The van der Waals surface area contributed by atoms with Gasteiger partial charge in [-0.05, 0) is 51.8 Å². The largest absolute Gasteiger partial charge is 0.399 e. The molecule has 0 aliphatic rings. The molecule has 2 heteroatoms. The van der Waals surface area contributed by atoms with Crippen LogP contribution >= 0.6 is 24.0 Å². The molecule has 0 aliphatic heterocycles. The molecule has 0 heterocycles. The fourth-order valence-electron chi connectivity index (χ4n) is 2.03.